The molecule has 10 rings (SSSR count). The zero-order valence-electron chi connectivity index (χ0n) is 26.9. The second kappa shape index (κ2) is 11.4. The molecular formula is C45H28N4O. The van der Waals surface area contributed by atoms with Crippen LogP contribution in [-0.4, -0.2) is 19.5 Å². The second-order valence-corrected chi connectivity index (χ2v) is 12.4. The molecule has 0 amide bonds. The van der Waals surface area contributed by atoms with Crippen LogP contribution in [0.4, 0.5) is 0 Å². The highest BCUT2D eigenvalue weighted by molar-refractivity contribution is 6.27. The molecule has 3 heterocycles. The lowest BCUT2D eigenvalue weighted by atomic mass is 9.98. The minimum atomic E-state index is 0.547. The molecule has 0 N–H and O–H groups in total. The Morgan fingerprint density at radius 1 is 0.420 bits per heavy atom. The van der Waals surface area contributed by atoms with E-state index in [1.54, 1.807) is 0 Å². The minimum absolute atomic E-state index is 0.547. The SMILES string of the molecule is c1ccc(-c2ccc(-c3nc(-c4ccccc4)nc(-n4c5ccccc5c5cc(-c6ccccc6)c6oc7ccccc7c6c54)n3)cc2)cc1. The molecule has 0 aliphatic carbocycles. The van der Waals surface area contributed by atoms with Crippen LogP contribution in [0, 0.1) is 0 Å². The first kappa shape index (κ1) is 28.2. The van der Waals surface area contributed by atoms with Gasteiger partial charge < -0.3 is 4.42 Å². The lowest BCUT2D eigenvalue weighted by Gasteiger charge is -2.12. The topological polar surface area (TPSA) is 56.7 Å². The van der Waals surface area contributed by atoms with E-state index in [1.807, 2.05) is 54.6 Å². The summed E-state index contributed by atoms with van der Waals surface area (Å²) in [5.41, 5.74) is 9.97. The van der Waals surface area contributed by atoms with Gasteiger partial charge in [0.15, 0.2) is 11.6 Å². The van der Waals surface area contributed by atoms with Gasteiger partial charge in [0, 0.05) is 32.8 Å². The molecule has 234 valence electrons. The number of nitrogens with zero attached hydrogens (tertiary/aromatic N) is 4. The number of hydrogen-bond acceptors (Lipinski definition) is 4. The molecular weight excluding hydrogens is 613 g/mol. The van der Waals surface area contributed by atoms with Crippen molar-refractivity contribution in [3.8, 4) is 51.0 Å². The van der Waals surface area contributed by atoms with Crippen LogP contribution >= 0.6 is 0 Å². The van der Waals surface area contributed by atoms with Crippen LogP contribution in [0.3, 0.4) is 0 Å². The molecule has 50 heavy (non-hydrogen) atoms. The first-order valence-corrected chi connectivity index (χ1v) is 16.7. The Bertz CT molecular complexity index is 2840. The largest absolute Gasteiger partial charge is 0.455 e. The number of rotatable bonds is 5. The second-order valence-electron chi connectivity index (χ2n) is 12.4. The van der Waals surface area contributed by atoms with E-state index in [9.17, 15) is 0 Å². The van der Waals surface area contributed by atoms with Gasteiger partial charge >= 0.3 is 0 Å². The van der Waals surface area contributed by atoms with Gasteiger partial charge in [-0.3, -0.25) is 4.57 Å². The predicted octanol–water partition coefficient (Wildman–Crippen LogP) is 11.5. The summed E-state index contributed by atoms with van der Waals surface area (Å²) in [6.07, 6.45) is 0. The van der Waals surface area contributed by atoms with E-state index in [-0.39, 0.29) is 0 Å². The Balaban J connectivity index is 1.29. The van der Waals surface area contributed by atoms with Crippen LogP contribution in [0.25, 0.3) is 94.7 Å². The highest BCUT2D eigenvalue weighted by Gasteiger charge is 2.24. The molecule has 3 aromatic heterocycles. The summed E-state index contributed by atoms with van der Waals surface area (Å²) in [5, 5.41) is 4.29. The third-order valence-corrected chi connectivity index (χ3v) is 9.47. The normalized spacial score (nSPS) is 11.6. The summed E-state index contributed by atoms with van der Waals surface area (Å²) < 4.78 is 8.89. The van der Waals surface area contributed by atoms with Gasteiger partial charge in [0.1, 0.15) is 11.2 Å². The number of furan rings is 1. The number of aromatic nitrogens is 4. The van der Waals surface area contributed by atoms with Crippen LogP contribution in [0.2, 0.25) is 0 Å². The summed E-state index contributed by atoms with van der Waals surface area (Å²) >= 11 is 0. The maximum atomic E-state index is 6.70. The monoisotopic (exact) mass is 640 g/mol. The van der Waals surface area contributed by atoms with Crippen molar-refractivity contribution in [2.45, 2.75) is 0 Å². The average Bonchev–Trinajstić information content (AvgIpc) is 3.75. The predicted molar refractivity (Wildman–Crippen MR) is 203 cm³/mol. The molecule has 5 nitrogen and oxygen atoms in total. The van der Waals surface area contributed by atoms with Gasteiger partial charge in [-0.1, -0.05) is 152 Å². The van der Waals surface area contributed by atoms with Crippen LogP contribution in [0.15, 0.2) is 174 Å². The van der Waals surface area contributed by atoms with Gasteiger partial charge in [-0.25, -0.2) is 4.98 Å². The molecule has 0 unspecified atom stereocenters. The smallest absolute Gasteiger partial charge is 0.238 e. The van der Waals surface area contributed by atoms with E-state index in [4.69, 9.17) is 19.4 Å². The van der Waals surface area contributed by atoms with E-state index < -0.39 is 0 Å². The third kappa shape index (κ3) is 4.52. The summed E-state index contributed by atoms with van der Waals surface area (Å²) in [7, 11) is 0. The van der Waals surface area contributed by atoms with Crippen molar-refractivity contribution < 1.29 is 4.42 Å². The number of hydrogen-bond donors (Lipinski definition) is 0. The number of para-hydroxylation sites is 2. The molecule has 0 aliphatic heterocycles. The number of benzene rings is 7. The zero-order chi connectivity index (χ0) is 33.0. The van der Waals surface area contributed by atoms with E-state index in [0.717, 1.165) is 77.1 Å². The summed E-state index contributed by atoms with van der Waals surface area (Å²) in [6, 6.07) is 58.4. The first-order valence-electron chi connectivity index (χ1n) is 16.7. The van der Waals surface area contributed by atoms with E-state index in [2.05, 4.69) is 120 Å². The fraction of sp³-hybridized carbons (Fsp3) is 0. The standard InChI is InChI=1S/C45H28N4O/c1-4-14-29(15-5-1)30-24-26-33(27-25-30)44-46-43(32-18-8-3-9-19-32)47-45(48-44)49-38-22-12-10-20-34(38)37-28-36(31-16-6-2-7-17-31)42-40(41(37)49)35-21-11-13-23-39(35)50-42/h1-28H. The molecule has 0 bridgehead atoms. The van der Waals surface area contributed by atoms with Gasteiger partial charge in [0.05, 0.1) is 16.4 Å². The summed E-state index contributed by atoms with van der Waals surface area (Å²) in [4.78, 5) is 15.5. The molecule has 10 aromatic rings. The Morgan fingerprint density at radius 3 is 1.64 bits per heavy atom. The van der Waals surface area contributed by atoms with Gasteiger partial charge in [0.2, 0.25) is 5.95 Å². The fourth-order valence-corrected chi connectivity index (χ4v) is 7.13. The van der Waals surface area contributed by atoms with E-state index >= 15 is 0 Å². The van der Waals surface area contributed by atoms with E-state index in [0.29, 0.717) is 17.6 Å². The maximum absolute atomic E-state index is 6.70. The molecule has 0 fully saturated rings. The molecule has 7 aromatic carbocycles. The number of fused-ring (bicyclic) bond motifs is 7. The highest BCUT2D eigenvalue weighted by Crippen LogP contribution is 2.45. The maximum Gasteiger partial charge on any atom is 0.238 e. The third-order valence-electron chi connectivity index (χ3n) is 9.47. The lowest BCUT2D eigenvalue weighted by Crippen LogP contribution is -2.06. The van der Waals surface area contributed by atoms with Crippen LogP contribution in [0.5, 0.6) is 0 Å². The molecule has 0 aliphatic rings. The first-order chi connectivity index (χ1) is 24.8. The molecule has 0 atom stereocenters. The molecule has 0 saturated carbocycles. The highest BCUT2D eigenvalue weighted by atomic mass is 16.3. The van der Waals surface area contributed by atoms with Crippen molar-refractivity contribution in [2.24, 2.45) is 0 Å². The summed E-state index contributed by atoms with van der Waals surface area (Å²) in [5.74, 6) is 1.76. The van der Waals surface area contributed by atoms with E-state index in [1.165, 1.54) is 0 Å². The van der Waals surface area contributed by atoms with Crippen molar-refractivity contribution in [3.63, 3.8) is 0 Å². The van der Waals surface area contributed by atoms with Gasteiger partial charge in [0.25, 0.3) is 0 Å². The minimum Gasteiger partial charge on any atom is -0.455 e. The van der Waals surface area contributed by atoms with Crippen molar-refractivity contribution in [1.82, 2.24) is 19.5 Å². The van der Waals surface area contributed by atoms with Gasteiger partial charge in [-0.15, -0.1) is 0 Å². The Hall–Kier alpha value is -6.85. The van der Waals surface area contributed by atoms with Crippen LogP contribution < -0.4 is 0 Å². The lowest BCUT2D eigenvalue weighted by molar-refractivity contribution is 0.670. The molecule has 0 spiro atoms. The average molecular weight is 641 g/mol. The Labute approximate surface area is 287 Å². The van der Waals surface area contributed by atoms with Crippen LogP contribution in [-0.2, 0) is 0 Å². The molecule has 5 heteroatoms. The molecule has 0 saturated heterocycles. The van der Waals surface area contributed by atoms with Crippen molar-refractivity contribution in [2.75, 3.05) is 0 Å². The quantitative estimate of drug-likeness (QED) is 0.188. The van der Waals surface area contributed by atoms with Crippen molar-refractivity contribution >= 4 is 43.7 Å². The van der Waals surface area contributed by atoms with Gasteiger partial charge in [-0.05, 0) is 34.9 Å². The fourth-order valence-electron chi connectivity index (χ4n) is 7.13. The van der Waals surface area contributed by atoms with Crippen LogP contribution in [0.1, 0.15) is 0 Å². The van der Waals surface area contributed by atoms with Gasteiger partial charge in [-0.2, -0.15) is 9.97 Å². The summed E-state index contributed by atoms with van der Waals surface area (Å²) in [6.45, 7) is 0. The molecule has 0 radical (unpaired) electrons. The zero-order valence-corrected chi connectivity index (χ0v) is 26.9. The van der Waals surface area contributed by atoms with Crippen molar-refractivity contribution in [1.29, 1.82) is 0 Å². The van der Waals surface area contributed by atoms with Crippen molar-refractivity contribution in [3.05, 3.63) is 170 Å². The Kier molecular flexibility index (Phi) is 6.42. The Morgan fingerprint density at radius 2 is 0.940 bits per heavy atom.